The number of nitrogens with zero attached hydrogens (tertiary/aromatic N) is 1. The quantitative estimate of drug-likeness (QED) is 0.197. The van der Waals surface area contributed by atoms with Crippen LogP contribution in [-0.4, -0.2) is 27.6 Å². The van der Waals surface area contributed by atoms with Crippen molar-refractivity contribution in [3.8, 4) is 11.5 Å². The number of sulfonamides is 1. The number of anilines is 1. The molecule has 4 rings (SSSR count). The number of thiophene rings is 1. The summed E-state index contributed by atoms with van der Waals surface area (Å²) in [5, 5.41) is 6.32. The molecule has 37 heavy (non-hydrogen) atoms. The van der Waals surface area contributed by atoms with E-state index in [-0.39, 0.29) is 15.5 Å². The minimum Gasteiger partial charge on any atom is -0.493 e. The maximum atomic E-state index is 12.7. The van der Waals surface area contributed by atoms with Gasteiger partial charge in [0.2, 0.25) is 0 Å². The number of hydrogen-bond donors (Lipinski definition) is 2. The van der Waals surface area contributed by atoms with Crippen LogP contribution in [0.1, 0.15) is 21.5 Å². The van der Waals surface area contributed by atoms with Gasteiger partial charge >= 0.3 is 0 Å². The van der Waals surface area contributed by atoms with Crippen LogP contribution in [-0.2, 0) is 16.6 Å². The third kappa shape index (κ3) is 6.88. The zero-order valence-corrected chi connectivity index (χ0v) is 21.9. The summed E-state index contributed by atoms with van der Waals surface area (Å²) in [6.07, 6.45) is 1.45. The zero-order chi connectivity index (χ0) is 26.3. The monoisotopic (exact) mass is 555 g/mol. The second-order valence-corrected chi connectivity index (χ2v) is 10.9. The Hall–Kier alpha value is -3.86. The molecule has 0 unspecified atom stereocenters. The van der Waals surface area contributed by atoms with Crippen molar-refractivity contribution in [2.24, 2.45) is 5.10 Å². The third-order valence-electron chi connectivity index (χ3n) is 5.05. The second-order valence-electron chi connectivity index (χ2n) is 7.61. The molecule has 1 amide bonds. The Morgan fingerprint density at radius 3 is 2.54 bits per heavy atom. The standard InChI is InChI=1S/C26H22ClN3O5S2/c1-34-24-15-19(10-13-23(24)35-17-18-8-11-20(27)12-9-18)16-28-29-26(31)21-5-2-3-6-22(21)30-37(32,33)25-7-4-14-36-25/h2-16,30H,17H2,1H3,(H,29,31)/b28-16+. The van der Waals surface area contributed by atoms with E-state index in [4.69, 9.17) is 21.1 Å². The summed E-state index contributed by atoms with van der Waals surface area (Å²) in [5.74, 6) is 0.471. The highest BCUT2D eigenvalue weighted by Crippen LogP contribution is 2.28. The van der Waals surface area contributed by atoms with Gasteiger partial charge in [-0.3, -0.25) is 9.52 Å². The molecular weight excluding hydrogens is 534 g/mol. The number of hydrogen-bond acceptors (Lipinski definition) is 7. The Labute approximate surface area is 223 Å². The Morgan fingerprint density at radius 1 is 1.03 bits per heavy atom. The average molecular weight is 556 g/mol. The highest BCUT2D eigenvalue weighted by Gasteiger charge is 2.19. The summed E-state index contributed by atoms with van der Waals surface area (Å²) in [7, 11) is -2.28. The largest absolute Gasteiger partial charge is 0.493 e. The lowest BCUT2D eigenvalue weighted by atomic mass is 10.2. The van der Waals surface area contributed by atoms with E-state index < -0.39 is 15.9 Å². The van der Waals surface area contributed by atoms with Crippen molar-refractivity contribution in [1.29, 1.82) is 0 Å². The van der Waals surface area contributed by atoms with Gasteiger partial charge < -0.3 is 9.47 Å². The van der Waals surface area contributed by atoms with Crippen LogP contribution in [0.15, 0.2) is 93.6 Å². The number of rotatable bonds is 10. The van der Waals surface area contributed by atoms with Crippen LogP contribution in [0.2, 0.25) is 5.02 Å². The van der Waals surface area contributed by atoms with E-state index in [1.54, 1.807) is 53.9 Å². The molecular formula is C26H22ClN3O5S2. The van der Waals surface area contributed by atoms with Gasteiger partial charge in [-0.2, -0.15) is 5.10 Å². The van der Waals surface area contributed by atoms with E-state index >= 15 is 0 Å². The Kier molecular flexibility index (Phi) is 8.44. The number of methoxy groups -OCH3 is 1. The van der Waals surface area contributed by atoms with Gasteiger partial charge in [0.1, 0.15) is 10.8 Å². The number of carbonyl (C=O) groups is 1. The predicted molar refractivity (Wildman–Crippen MR) is 145 cm³/mol. The number of halogens is 1. The Bertz CT molecular complexity index is 1510. The lowest BCUT2D eigenvalue weighted by Crippen LogP contribution is -2.21. The summed E-state index contributed by atoms with van der Waals surface area (Å²) in [6.45, 7) is 0.340. The lowest BCUT2D eigenvalue weighted by molar-refractivity contribution is 0.0956. The molecule has 0 aliphatic heterocycles. The molecule has 190 valence electrons. The van der Waals surface area contributed by atoms with Gasteiger partial charge in [-0.25, -0.2) is 13.8 Å². The molecule has 0 aliphatic carbocycles. The highest BCUT2D eigenvalue weighted by molar-refractivity contribution is 7.94. The van der Waals surface area contributed by atoms with Crippen molar-refractivity contribution >= 4 is 50.8 Å². The number of ether oxygens (including phenoxy) is 2. The number of benzene rings is 3. The number of para-hydroxylation sites is 1. The number of nitrogens with one attached hydrogen (secondary N) is 2. The van der Waals surface area contributed by atoms with Gasteiger partial charge in [0, 0.05) is 5.02 Å². The molecule has 0 aliphatic rings. The smallest absolute Gasteiger partial charge is 0.273 e. The molecule has 1 aromatic heterocycles. The van der Waals surface area contributed by atoms with Crippen LogP contribution >= 0.6 is 22.9 Å². The molecule has 0 saturated heterocycles. The van der Waals surface area contributed by atoms with Crippen LogP contribution < -0.4 is 19.6 Å². The molecule has 8 nitrogen and oxygen atoms in total. The summed E-state index contributed by atoms with van der Waals surface area (Å²) in [5.41, 5.74) is 4.31. The zero-order valence-electron chi connectivity index (χ0n) is 19.6. The van der Waals surface area contributed by atoms with E-state index in [0.717, 1.165) is 16.9 Å². The van der Waals surface area contributed by atoms with Crippen molar-refractivity contribution in [3.63, 3.8) is 0 Å². The fourth-order valence-electron chi connectivity index (χ4n) is 3.23. The van der Waals surface area contributed by atoms with Crippen LogP contribution in [0, 0.1) is 0 Å². The van der Waals surface area contributed by atoms with Crippen molar-refractivity contribution < 1.29 is 22.7 Å². The summed E-state index contributed by atoms with van der Waals surface area (Å²) in [6, 6.07) is 22.0. The first-order chi connectivity index (χ1) is 17.9. The van der Waals surface area contributed by atoms with Crippen LogP contribution in [0.25, 0.3) is 0 Å². The Balaban J connectivity index is 1.41. The van der Waals surface area contributed by atoms with E-state index in [0.29, 0.717) is 28.7 Å². The molecule has 0 saturated carbocycles. The molecule has 4 aromatic rings. The number of carbonyl (C=O) groups excluding carboxylic acids is 1. The minimum atomic E-state index is -3.81. The molecule has 0 radical (unpaired) electrons. The van der Waals surface area contributed by atoms with Crippen molar-refractivity contribution in [2.75, 3.05) is 11.8 Å². The third-order valence-corrected chi connectivity index (χ3v) is 8.07. The van der Waals surface area contributed by atoms with Crippen LogP contribution in [0.5, 0.6) is 11.5 Å². The SMILES string of the molecule is COc1cc(/C=N/NC(=O)c2ccccc2NS(=O)(=O)c2cccs2)ccc1OCc1ccc(Cl)cc1. The second kappa shape index (κ2) is 11.9. The van der Waals surface area contributed by atoms with Crippen molar-refractivity contribution in [2.45, 2.75) is 10.8 Å². The van der Waals surface area contributed by atoms with Gasteiger partial charge in [0.05, 0.1) is 24.6 Å². The molecule has 3 aromatic carbocycles. The van der Waals surface area contributed by atoms with Crippen molar-refractivity contribution in [1.82, 2.24) is 5.43 Å². The predicted octanol–water partition coefficient (Wildman–Crippen LogP) is 5.55. The van der Waals surface area contributed by atoms with Crippen LogP contribution in [0.4, 0.5) is 5.69 Å². The molecule has 0 atom stereocenters. The summed E-state index contributed by atoms with van der Waals surface area (Å²) >= 11 is 7.00. The lowest BCUT2D eigenvalue weighted by Gasteiger charge is -2.12. The van der Waals surface area contributed by atoms with E-state index in [1.165, 1.54) is 31.5 Å². The van der Waals surface area contributed by atoms with Crippen molar-refractivity contribution in [3.05, 3.63) is 106 Å². The fraction of sp³-hybridized carbons (Fsp3) is 0.0769. The Morgan fingerprint density at radius 2 is 1.81 bits per heavy atom. The molecule has 0 bridgehead atoms. The first-order valence-electron chi connectivity index (χ1n) is 10.9. The molecule has 0 fully saturated rings. The minimum absolute atomic E-state index is 0.128. The van der Waals surface area contributed by atoms with E-state index in [1.807, 2.05) is 12.1 Å². The van der Waals surface area contributed by atoms with Gasteiger partial charge in [-0.05, 0) is 65.0 Å². The van der Waals surface area contributed by atoms with Gasteiger partial charge in [0.25, 0.3) is 15.9 Å². The number of amides is 1. The maximum absolute atomic E-state index is 12.7. The van der Waals surface area contributed by atoms with Gasteiger partial charge in [0.15, 0.2) is 11.5 Å². The molecule has 0 spiro atoms. The molecule has 11 heteroatoms. The summed E-state index contributed by atoms with van der Waals surface area (Å²) < 4.78 is 39.0. The highest BCUT2D eigenvalue weighted by atomic mass is 35.5. The van der Waals surface area contributed by atoms with Crippen LogP contribution in [0.3, 0.4) is 0 Å². The first-order valence-corrected chi connectivity index (χ1v) is 13.6. The molecule has 2 N–H and O–H groups in total. The number of hydrazone groups is 1. The van der Waals surface area contributed by atoms with E-state index in [9.17, 15) is 13.2 Å². The fourth-order valence-corrected chi connectivity index (χ4v) is 5.43. The maximum Gasteiger partial charge on any atom is 0.273 e. The average Bonchev–Trinajstić information content (AvgIpc) is 3.45. The van der Waals surface area contributed by atoms with Gasteiger partial charge in [-0.15, -0.1) is 11.3 Å². The summed E-state index contributed by atoms with van der Waals surface area (Å²) in [4.78, 5) is 12.7. The first kappa shape index (κ1) is 26.2. The van der Waals surface area contributed by atoms with Gasteiger partial charge in [-0.1, -0.05) is 41.9 Å². The topological polar surface area (TPSA) is 106 Å². The van der Waals surface area contributed by atoms with E-state index in [2.05, 4.69) is 15.2 Å². The normalized spacial score (nSPS) is 11.3. The molecule has 1 heterocycles.